The molecular formula is C18H13BrN2O2. The summed E-state index contributed by atoms with van der Waals surface area (Å²) in [5.74, 6) is -0.188. The highest BCUT2D eigenvalue weighted by Crippen LogP contribution is 2.38. The average Bonchev–Trinajstić information content (AvgIpc) is 2.55. The summed E-state index contributed by atoms with van der Waals surface area (Å²) < 4.78 is 0.864. The van der Waals surface area contributed by atoms with Gasteiger partial charge in [0.1, 0.15) is 6.04 Å². The molecule has 2 bridgehead atoms. The normalized spacial score (nSPS) is 18.3. The van der Waals surface area contributed by atoms with Crippen molar-refractivity contribution in [2.45, 2.75) is 6.04 Å². The van der Waals surface area contributed by atoms with Gasteiger partial charge in [-0.25, -0.2) is 0 Å². The Kier molecular flexibility index (Phi) is 3.13. The van der Waals surface area contributed by atoms with E-state index in [1.165, 1.54) is 0 Å². The molecule has 1 heterocycles. The molecule has 0 aromatic heterocycles. The molecule has 114 valence electrons. The highest BCUT2D eigenvalue weighted by Gasteiger charge is 2.42. The summed E-state index contributed by atoms with van der Waals surface area (Å²) in [4.78, 5) is 27.6. The van der Waals surface area contributed by atoms with Crippen LogP contribution in [0.2, 0.25) is 0 Å². The quantitative estimate of drug-likeness (QED) is 0.878. The number of halogens is 1. The van der Waals surface area contributed by atoms with E-state index in [2.05, 4.69) is 21.2 Å². The zero-order valence-electron chi connectivity index (χ0n) is 12.3. The zero-order chi connectivity index (χ0) is 16.1. The molecule has 23 heavy (non-hydrogen) atoms. The first-order valence-corrected chi connectivity index (χ1v) is 8.07. The van der Waals surface area contributed by atoms with Gasteiger partial charge in [-0.1, -0.05) is 40.2 Å². The van der Waals surface area contributed by atoms with Crippen LogP contribution < -0.4 is 10.2 Å². The monoisotopic (exact) mass is 368 g/mol. The Morgan fingerprint density at radius 2 is 1.96 bits per heavy atom. The van der Waals surface area contributed by atoms with Crippen molar-refractivity contribution in [1.82, 2.24) is 0 Å². The van der Waals surface area contributed by atoms with Gasteiger partial charge in [0.25, 0.3) is 5.91 Å². The van der Waals surface area contributed by atoms with Crippen LogP contribution in [0.15, 0.2) is 46.9 Å². The van der Waals surface area contributed by atoms with Crippen LogP contribution in [0, 0.1) is 0 Å². The number of ketones is 1. The fourth-order valence-corrected chi connectivity index (χ4v) is 3.62. The van der Waals surface area contributed by atoms with E-state index in [-0.39, 0.29) is 11.7 Å². The summed E-state index contributed by atoms with van der Waals surface area (Å²) in [6, 6.07) is 10.6. The second-order valence-corrected chi connectivity index (χ2v) is 6.44. The topological polar surface area (TPSA) is 49.4 Å². The van der Waals surface area contributed by atoms with E-state index in [9.17, 15) is 9.59 Å². The van der Waals surface area contributed by atoms with Crippen molar-refractivity contribution in [3.05, 3.63) is 63.6 Å². The van der Waals surface area contributed by atoms with Gasteiger partial charge in [-0.15, -0.1) is 0 Å². The van der Waals surface area contributed by atoms with Gasteiger partial charge in [-0.3, -0.25) is 14.5 Å². The average molecular weight is 369 g/mol. The number of carbonyl (C=O) groups is 2. The van der Waals surface area contributed by atoms with Gasteiger partial charge < -0.3 is 5.32 Å². The molecular weight excluding hydrogens is 356 g/mol. The van der Waals surface area contributed by atoms with Gasteiger partial charge in [0.2, 0.25) is 0 Å². The van der Waals surface area contributed by atoms with Crippen LogP contribution >= 0.6 is 15.9 Å². The Balaban J connectivity index is 1.98. The van der Waals surface area contributed by atoms with Crippen molar-refractivity contribution in [2.75, 3.05) is 17.3 Å². The van der Waals surface area contributed by atoms with Gasteiger partial charge >= 0.3 is 0 Å². The number of hydrogen-bond donors (Lipinski definition) is 1. The maximum atomic E-state index is 13.1. The van der Waals surface area contributed by atoms with E-state index < -0.39 is 6.04 Å². The van der Waals surface area contributed by atoms with Crippen LogP contribution in [0.5, 0.6) is 0 Å². The van der Waals surface area contributed by atoms with E-state index in [0.29, 0.717) is 22.5 Å². The SMILES string of the molecule is CNc1ccc2c3c1C(=O)N(c1cccc(Br)c1)C(C=C2)C3=O. The van der Waals surface area contributed by atoms with Crippen LogP contribution in [0.1, 0.15) is 26.3 Å². The fraction of sp³-hybridized carbons (Fsp3) is 0.111. The van der Waals surface area contributed by atoms with Crippen LogP contribution in [0.4, 0.5) is 11.4 Å². The zero-order valence-corrected chi connectivity index (χ0v) is 13.9. The van der Waals surface area contributed by atoms with E-state index in [1.807, 2.05) is 42.5 Å². The number of rotatable bonds is 2. The Morgan fingerprint density at radius 1 is 1.13 bits per heavy atom. The second-order valence-electron chi connectivity index (χ2n) is 5.53. The lowest BCUT2D eigenvalue weighted by molar-refractivity contribution is 0.0885. The fourth-order valence-electron chi connectivity index (χ4n) is 3.24. The summed E-state index contributed by atoms with van der Waals surface area (Å²) in [5.41, 5.74) is 3.17. The standard InChI is InChI=1S/C18H13BrN2O2/c1-20-13-7-5-10-6-8-14-17(22)15(10)16(13)18(23)21(14)12-4-2-3-11(19)9-12/h2-9,14,20H,1H3. The van der Waals surface area contributed by atoms with E-state index in [0.717, 1.165) is 10.0 Å². The minimum absolute atomic E-state index is 0.0332. The Labute approximate surface area is 141 Å². The van der Waals surface area contributed by atoms with Gasteiger partial charge in [-0.05, 0) is 29.8 Å². The maximum Gasteiger partial charge on any atom is 0.262 e. The van der Waals surface area contributed by atoms with Gasteiger partial charge in [-0.2, -0.15) is 0 Å². The lowest BCUT2D eigenvalue weighted by Gasteiger charge is -2.37. The van der Waals surface area contributed by atoms with Gasteiger partial charge in [0.15, 0.2) is 5.78 Å². The molecule has 5 heteroatoms. The largest absolute Gasteiger partial charge is 0.387 e. The van der Waals surface area contributed by atoms with E-state index in [4.69, 9.17) is 0 Å². The Bertz CT molecular complexity index is 889. The first kappa shape index (κ1) is 14.2. The number of hydrogen-bond acceptors (Lipinski definition) is 3. The van der Waals surface area contributed by atoms with Crippen LogP contribution in [0.3, 0.4) is 0 Å². The van der Waals surface area contributed by atoms with Crippen molar-refractivity contribution in [1.29, 1.82) is 0 Å². The third-order valence-electron chi connectivity index (χ3n) is 4.28. The number of benzene rings is 2. The molecule has 0 saturated heterocycles. The number of fused-ring (bicyclic) bond motifs is 1. The Morgan fingerprint density at radius 3 is 2.70 bits per heavy atom. The predicted molar refractivity (Wildman–Crippen MR) is 94.1 cm³/mol. The van der Waals surface area contributed by atoms with Crippen molar-refractivity contribution in [3.8, 4) is 0 Å². The molecule has 0 saturated carbocycles. The maximum absolute atomic E-state index is 13.1. The van der Waals surface area contributed by atoms with Crippen LogP contribution in [-0.4, -0.2) is 24.8 Å². The lowest BCUT2D eigenvalue weighted by atomic mass is 9.83. The third-order valence-corrected chi connectivity index (χ3v) is 4.77. The molecule has 0 fully saturated rings. The number of nitrogens with one attached hydrogen (secondary N) is 1. The third kappa shape index (κ3) is 1.96. The highest BCUT2D eigenvalue weighted by atomic mass is 79.9. The molecule has 1 N–H and O–H groups in total. The molecule has 1 atom stereocenters. The molecule has 1 unspecified atom stereocenters. The molecule has 0 radical (unpaired) electrons. The van der Waals surface area contributed by atoms with E-state index >= 15 is 0 Å². The van der Waals surface area contributed by atoms with E-state index in [1.54, 1.807) is 18.0 Å². The summed E-state index contributed by atoms with van der Waals surface area (Å²) in [6.45, 7) is 0. The first-order valence-electron chi connectivity index (χ1n) is 7.28. The summed E-state index contributed by atoms with van der Waals surface area (Å²) >= 11 is 3.42. The molecule has 1 aliphatic carbocycles. The highest BCUT2D eigenvalue weighted by molar-refractivity contribution is 9.10. The number of amides is 1. The molecule has 2 aliphatic rings. The number of Topliss-reactive ketones (excluding diaryl/α,β-unsaturated/α-hetero) is 1. The second kappa shape index (κ2) is 5.06. The minimum Gasteiger partial charge on any atom is -0.387 e. The molecule has 1 amide bonds. The lowest BCUT2D eigenvalue weighted by Crippen LogP contribution is -2.50. The number of anilines is 2. The summed E-state index contributed by atoms with van der Waals surface area (Å²) in [5, 5.41) is 3.02. The smallest absolute Gasteiger partial charge is 0.262 e. The van der Waals surface area contributed by atoms with Crippen molar-refractivity contribution in [3.63, 3.8) is 0 Å². The first-order chi connectivity index (χ1) is 11.1. The molecule has 1 aliphatic heterocycles. The molecule has 2 aromatic rings. The molecule has 4 rings (SSSR count). The van der Waals surface area contributed by atoms with Gasteiger partial charge in [0.05, 0.1) is 5.56 Å². The molecule has 4 nitrogen and oxygen atoms in total. The van der Waals surface area contributed by atoms with Gasteiger partial charge in [0, 0.05) is 28.5 Å². The summed E-state index contributed by atoms with van der Waals surface area (Å²) in [7, 11) is 1.75. The molecule has 0 spiro atoms. The number of nitrogens with zero attached hydrogens (tertiary/aromatic N) is 1. The minimum atomic E-state index is -0.580. The predicted octanol–water partition coefficient (Wildman–Crippen LogP) is 3.73. The number of carbonyl (C=O) groups excluding carboxylic acids is 2. The molecule has 2 aromatic carbocycles. The summed E-state index contributed by atoms with van der Waals surface area (Å²) in [6.07, 6.45) is 3.72. The van der Waals surface area contributed by atoms with Crippen molar-refractivity contribution < 1.29 is 9.59 Å². The van der Waals surface area contributed by atoms with Crippen molar-refractivity contribution in [2.24, 2.45) is 0 Å². The van der Waals surface area contributed by atoms with Crippen molar-refractivity contribution >= 4 is 45.1 Å². The van der Waals surface area contributed by atoms with Crippen LogP contribution in [-0.2, 0) is 0 Å². The Hall–Kier alpha value is -2.40. The van der Waals surface area contributed by atoms with Crippen LogP contribution in [0.25, 0.3) is 6.08 Å².